The molecule has 0 aliphatic carbocycles. The van der Waals surface area contributed by atoms with Crippen LogP contribution in [-0.4, -0.2) is 32.9 Å². The Hall–Kier alpha value is -1.37. The van der Waals surface area contributed by atoms with Crippen LogP contribution >= 0.6 is 23.2 Å². The van der Waals surface area contributed by atoms with Crippen LogP contribution in [0, 0.1) is 0 Å². The first-order chi connectivity index (χ1) is 10.1. The molecule has 2 atom stereocenters. The van der Waals surface area contributed by atoms with Gasteiger partial charge in [0.05, 0.1) is 27.9 Å². The molecule has 0 bridgehead atoms. The molecule has 3 rings (SSSR count). The quantitative estimate of drug-likeness (QED) is 0.876. The highest BCUT2D eigenvalue weighted by molar-refractivity contribution is 6.43. The van der Waals surface area contributed by atoms with Crippen molar-refractivity contribution in [3.05, 3.63) is 22.2 Å². The van der Waals surface area contributed by atoms with E-state index < -0.39 is 0 Å². The van der Waals surface area contributed by atoms with Crippen molar-refractivity contribution >= 4 is 28.9 Å². The summed E-state index contributed by atoms with van der Waals surface area (Å²) in [5.41, 5.74) is 6.99. The lowest BCUT2D eigenvalue weighted by atomic mass is 10.1. The van der Waals surface area contributed by atoms with Crippen LogP contribution in [0.25, 0.3) is 11.4 Å². The minimum Gasteiger partial charge on any atom is -0.397 e. The van der Waals surface area contributed by atoms with Gasteiger partial charge in [-0.15, -0.1) is 5.10 Å². The molecule has 1 aromatic carbocycles. The zero-order chi connectivity index (χ0) is 15.0. The van der Waals surface area contributed by atoms with Crippen LogP contribution in [0.2, 0.25) is 10.0 Å². The molecular weight excluding hydrogens is 313 g/mol. The Balaban J connectivity index is 1.98. The van der Waals surface area contributed by atoms with Gasteiger partial charge in [0.15, 0.2) is 5.82 Å². The molecule has 2 aromatic rings. The lowest BCUT2D eigenvalue weighted by Gasteiger charge is -2.19. The summed E-state index contributed by atoms with van der Waals surface area (Å²) in [7, 11) is 0. The van der Waals surface area contributed by atoms with Gasteiger partial charge in [-0.2, -0.15) is 0 Å². The number of nitrogen functional groups attached to an aromatic ring is 1. The van der Waals surface area contributed by atoms with E-state index in [0.717, 1.165) is 25.0 Å². The number of benzene rings is 1. The van der Waals surface area contributed by atoms with E-state index in [1.165, 1.54) is 0 Å². The Morgan fingerprint density at radius 3 is 2.90 bits per heavy atom. The fraction of sp³-hybridized carbons (Fsp3) is 0.462. The number of hydrogen-bond acceptors (Lipinski definition) is 5. The van der Waals surface area contributed by atoms with E-state index in [1.54, 1.807) is 16.8 Å². The van der Waals surface area contributed by atoms with Crippen LogP contribution < -0.4 is 5.73 Å². The van der Waals surface area contributed by atoms with Crippen LogP contribution in [0.15, 0.2) is 12.1 Å². The topological polar surface area (TPSA) is 78.8 Å². The summed E-state index contributed by atoms with van der Waals surface area (Å²) in [5, 5.41) is 12.6. The maximum atomic E-state index is 6.08. The van der Waals surface area contributed by atoms with Gasteiger partial charge in [-0.25, -0.2) is 4.68 Å². The van der Waals surface area contributed by atoms with Crippen molar-refractivity contribution in [1.29, 1.82) is 0 Å². The number of hydrogen-bond donors (Lipinski definition) is 1. The van der Waals surface area contributed by atoms with Gasteiger partial charge in [-0.3, -0.25) is 0 Å². The summed E-state index contributed by atoms with van der Waals surface area (Å²) in [6.07, 6.45) is 2.18. The molecule has 2 heterocycles. The fourth-order valence-electron chi connectivity index (χ4n) is 2.54. The molecule has 1 aliphatic heterocycles. The maximum absolute atomic E-state index is 6.08. The van der Waals surface area contributed by atoms with E-state index in [9.17, 15) is 0 Å². The van der Waals surface area contributed by atoms with Gasteiger partial charge in [0.1, 0.15) is 0 Å². The highest BCUT2D eigenvalue weighted by atomic mass is 35.5. The van der Waals surface area contributed by atoms with E-state index in [0.29, 0.717) is 21.6 Å². The first-order valence-electron chi connectivity index (χ1n) is 6.72. The van der Waals surface area contributed by atoms with Gasteiger partial charge in [0.2, 0.25) is 0 Å². The largest absolute Gasteiger partial charge is 0.397 e. The fourth-order valence-corrected chi connectivity index (χ4v) is 2.87. The predicted molar refractivity (Wildman–Crippen MR) is 81.4 cm³/mol. The van der Waals surface area contributed by atoms with Crippen molar-refractivity contribution in [2.75, 3.05) is 12.3 Å². The second kappa shape index (κ2) is 5.79. The lowest BCUT2D eigenvalue weighted by molar-refractivity contribution is 0.0690. The highest BCUT2D eigenvalue weighted by Gasteiger charge is 2.27. The molecule has 1 saturated heterocycles. The van der Waals surface area contributed by atoms with Crippen LogP contribution in [0.5, 0.6) is 0 Å². The number of ether oxygens (including phenoxy) is 1. The minimum atomic E-state index is 0.0354. The second-order valence-electron chi connectivity index (χ2n) is 5.10. The monoisotopic (exact) mass is 327 g/mol. The third-order valence-corrected chi connectivity index (χ3v) is 4.51. The van der Waals surface area contributed by atoms with Gasteiger partial charge in [0.25, 0.3) is 0 Å². The molecule has 8 heteroatoms. The predicted octanol–water partition coefficient (Wildman–Crippen LogP) is 2.97. The molecule has 0 amide bonds. The number of anilines is 1. The first-order valence-corrected chi connectivity index (χ1v) is 7.48. The maximum Gasteiger partial charge on any atom is 0.182 e. The zero-order valence-corrected chi connectivity index (χ0v) is 13.0. The summed E-state index contributed by atoms with van der Waals surface area (Å²) in [6, 6.07) is 3.47. The van der Waals surface area contributed by atoms with E-state index >= 15 is 0 Å². The van der Waals surface area contributed by atoms with Crippen molar-refractivity contribution in [2.45, 2.75) is 31.9 Å². The van der Waals surface area contributed by atoms with Crippen molar-refractivity contribution in [3.63, 3.8) is 0 Å². The second-order valence-corrected chi connectivity index (χ2v) is 5.89. The number of aromatic nitrogens is 4. The van der Waals surface area contributed by atoms with Crippen molar-refractivity contribution in [3.8, 4) is 11.4 Å². The Labute approximate surface area is 132 Å². The summed E-state index contributed by atoms with van der Waals surface area (Å²) < 4.78 is 7.45. The van der Waals surface area contributed by atoms with Crippen LogP contribution in [0.3, 0.4) is 0 Å². The average molecular weight is 328 g/mol. The van der Waals surface area contributed by atoms with Crippen molar-refractivity contribution in [1.82, 2.24) is 20.2 Å². The van der Waals surface area contributed by atoms with Crippen molar-refractivity contribution < 1.29 is 4.74 Å². The smallest absolute Gasteiger partial charge is 0.182 e. The molecule has 112 valence electrons. The third kappa shape index (κ3) is 2.71. The molecule has 2 unspecified atom stereocenters. The minimum absolute atomic E-state index is 0.0354. The molecule has 0 spiro atoms. The van der Waals surface area contributed by atoms with Crippen molar-refractivity contribution in [2.24, 2.45) is 0 Å². The van der Waals surface area contributed by atoms with E-state index in [4.69, 9.17) is 33.7 Å². The molecule has 21 heavy (non-hydrogen) atoms. The zero-order valence-electron chi connectivity index (χ0n) is 11.5. The van der Waals surface area contributed by atoms with E-state index in [1.807, 2.05) is 6.92 Å². The summed E-state index contributed by atoms with van der Waals surface area (Å²) in [5.74, 6) is 0.600. The normalized spacial score (nSPS) is 19.9. The van der Waals surface area contributed by atoms with Gasteiger partial charge >= 0.3 is 0 Å². The van der Waals surface area contributed by atoms with Gasteiger partial charge in [-0.1, -0.05) is 23.2 Å². The molecule has 1 aliphatic rings. The summed E-state index contributed by atoms with van der Waals surface area (Å²) in [4.78, 5) is 0. The molecule has 0 radical (unpaired) electrons. The van der Waals surface area contributed by atoms with Crippen LogP contribution in [0.4, 0.5) is 5.69 Å². The standard InChI is InChI=1S/C13H15Cl2N5O/c1-7(11-3-2-4-21-11)20-13(17-18-19-20)8-5-9(14)12(15)10(16)6-8/h5-7,11H,2-4,16H2,1H3. The Bertz CT molecular complexity index is 631. The van der Waals surface area contributed by atoms with Gasteiger partial charge < -0.3 is 10.5 Å². The summed E-state index contributed by atoms with van der Waals surface area (Å²) in [6.45, 7) is 2.82. The average Bonchev–Trinajstić information content (AvgIpc) is 3.14. The van der Waals surface area contributed by atoms with E-state index in [2.05, 4.69) is 15.5 Å². The SMILES string of the molecule is CC(C1CCCO1)n1nnnc1-c1cc(N)c(Cl)c(Cl)c1. The van der Waals surface area contributed by atoms with Crippen LogP contribution in [-0.2, 0) is 4.74 Å². The molecule has 1 aromatic heterocycles. The highest BCUT2D eigenvalue weighted by Crippen LogP contribution is 2.34. The number of nitrogens with zero attached hydrogens (tertiary/aromatic N) is 4. The van der Waals surface area contributed by atoms with E-state index in [-0.39, 0.29) is 12.1 Å². The number of halogens is 2. The number of rotatable bonds is 3. The summed E-state index contributed by atoms with van der Waals surface area (Å²) >= 11 is 12.1. The number of nitrogens with two attached hydrogens (primary N) is 1. The molecule has 1 fully saturated rings. The Kier molecular flexibility index (Phi) is 4.01. The Morgan fingerprint density at radius 1 is 1.43 bits per heavy atom. The molecule has 6 nitrogen and oxygen atoms in total. The lowest BCUT2D eigenvalue weighted by Crippen LogP contribution is -2.22. The van der Waals surface area contributed by atoms with Gasteiger partial charge in [-0.05, 0) is 42.3 Å². The third-order valence-electron chi connectivity index (χ3n) is 3.70. The Morgan fingerprint density at radius 2 is 2.24 bits per heavy atom. The number of tetrazole rings is 1. The molecular formula is C13H15Cl2N5O. The van der Waals surface area contributed by atoms with Gasteiger partial charge in [0, 0.05) is 12.2 Å². The molecule has 2 N–H and O–H groups in total. The van der Waals surface area contributed by atoms with Crippen LogP contribution in [0.1, 0.15) is 25.8 Å². The first kappa shape index (κ1) is 14.6. The molecule has 0 saturated carbocycles.